The lowest BCUT2D eigenvalue weighted by Gasteiger charge is -2.23. The molecule has 0 spiro atoms. The molecule has 2 fully saturated rings. The first-order valence-electron chi connectivity index (χ1n) is 9.03. The van der Waals surface area contributed by atoms with E-state index < -0.39 is 11.4 Å². The third-order valence-corrected chi connectivity index (χ3v) is 5.49. The molecule has 8 nitrogen and oxygen atoms in total. The number of anilines is 1. The molecule has 0 radical (unpaired) electrons. The second-order valence-electron chi connectivity index (χ2n) is 7.06. The van der Waals surface area contributed by atoms with Gasteiger partial charge in [0.1, 0.15) is 5.75 Å². The number of carbonyl (C=O) groups is 3. The number of hydrogen-bond donors (Lipinski definition) is 2. The summed E-state index contributed by atoms with van der Waals surface area (Å²) >= 11 is 0. The number of fused-ring (bicyclic) bond motifs is 1. The van der Waals surface area contributed by atoms with Gasteiger partial charge in [-0.15, -0.1) is 0 Å². The van der Waals surface area contributed by atoms with Crippen LogP contribution in [0.25, 0.3) is 0 Å². The molecule has 146 valence electrons. The number of nitrogens with one attached hydrogen (secondary N) is 1. The van der Waals surface area contributed by atoms with Gasteiger partial charge in [-0.25, -0.2) is 4.79 Å². The van der Waals surface area contributed by atoms with Crippen LogP contribution < -0.4 is 10.1 Å². The molecule has 1 heterocycles. The number of urea groups is 1. The highest BCUT2D eigenvalue weighted by atomic mass is 16.5. The number of carbonyl (C=O) groups excluding carboxylic acids is 2. The third-order valence-electron chi connectivity index (χ3n) is 5.49. The van der Waals surface area contributed by atoms with Crippen LogP contribution in [0.2, 0.25) is 0 Å². The summed E-state index contributed by atoms with van der Waals surface area (Å²) in [6.45, 7) is 0.950. The van der Waals surface area contributed by atoms with Crippen LogP contribution in [0.4, 0.5) is 10.5 Å². The highest BCUT2D eigenvalue weighted by molar-refractivity contribution is 5.90. The van der Waals surface area contributed by atoms with E-state index >= 15 is 0 Å². The molecule has 2 N–H and O–H groups in total. The minimum Gasteiger partial charge on any atom is -0.493 e. The summed E-state index contributed by atoms with van der Waals surface area (Å²) < 4.78 is 9.98. The zero-order chi connectivity index (χ0) is 19.4. The van der Waals surface area contributed by atoms with Gasteiger partial charge in [0.25, 0.3) is 0 Å². The summed E-state index contributed by atoms with van der Waals surface area (Å²) in [4.78, 5) is 36.9. The Labute approximate surface area is 157 Å². The van der Waals surface area contributed by atoms with Crippen LogP contribution in [0.5, 0.6) is 5.75 Å². The van der Waals surface area contributed by atoms with Crippen LogP contribution in [-0.2, 0) is 14.3 Å². The second kappa shape index (κ2) is 7.85. The van der Waals surface area contributed by atoms with E-state index in [1.165, 1.54) is 7.11 Å². The molecule has 27 heavy (non-hydrogen) atoms. The predicted molar refractivity (Wildman–Crippen MR) is 96.6 cm³/mol. The molecule has 2 amide bonds. The van der Waals surface area contributed by atoms with E-state index in [9.17, 15) is 19.5 Å². The second-order valence-corrected chi connectivity index (χ2v) is 7.06. The Kier molecular flexibility index (Phi) is 5.53. The van der Waals surface area contributed by atoms with Crippen molar-refractivity contribution in [2.75, 3.05) is 32.1 Å². The van der Waals surface area contributed by atoms with Crippen LogP contribution >= 0.6 is 0 Å². The molecule has 1 aromatic rings. The highest BCUT2D eigenvalue weighted by Gasteiger charge is 2.55. The molecule has 2 atom stereocenters. The van der Waals surface area contributed by atoms with Crippen molar-refractivity contribution < 1.29 is 29.0 Å². The number of rotatable bonds is 6. The van der Waals surface area contributed by atoms with Gasteiger partial charge in [-0.2, -0.15) is 0 Å². The summed E-state index contributed by atoms with van der Waals surface area (Å²) in [5.41, 5.74) is -0.184. The van der Waals surface area contributed by atoms with E-state index in [-0.39, 0.29) is 37.5 Å². The molecule has 0 unspecified atom stereocenters. The number of hydrogen-bond acceptors (Lipinski definition) is 5. The lowest BCUT2D eigenvalue weighted by atomic mass is 9.81. The lowest BCUT2D eigenvalue weighted by molar-refractivity contribution is -0.149. The smallest absolute Gasteiger partial charge is 0.321 e. The molecule has 3 rings (SSSR count). The maximum absolute atomic E-state index is 12.5. The van der Waals surface area contributed by atoms with Gasteiger partial charge in [0.15, 0.2) is 0 Å². The molecule has 1 aromatic carbocycles. The third kappa shape index (κ3) is 3.99. The zero-order valence-electron chi connectivity index (χ0n) is 15.3. The first kappa shape index (κ1) is 19.0. The number of carboxylic acids is 1. The Morgan fingerprint density at radius 2 is 2.04 bits per heavy atom. The maximum Gasteiger partial charge on any atom is 0.321 e. The molecule has 2 aliphatic rings. The maximum atomic E-state index is 12.5. The van der Waals surface area contributed by atoms with Gasteiger partial charge in [-0.1, -0.05) is 6.42 Å². The summed E-state index contributed by atoms with van der Waals surface area (Å²) in [5.74, 6) is -0.522. The Balaban J connectivity index is 1.53. The van der Waals surface area contributed by atoms with Crippen molar-refractivity contribution >= 4 is 23.7 Å². The number of likely N-dealkylation sites (tertiary alicyclic amines) is 1. The van der Waals surface area contributed by atoms with Crippen LogP contribution in [0.15, 0.2) is 24.3 Å². The number of nitrogens with zero attached hydrogens (tertiary/aromatic N) is 1. The number of methoxy groups -OCH3 is 1. The van der Waals surface area contributed by atoms with Crippen LogP contribution in [0.3, 0.4) is 0 Å². The van der Waals surface area contributed by atoms with Gasteiger partial charge in [0, 0.05) is 18.8 Å². The van der Waals surface area contributed by atoms with E-state index in [0.717, 1.165) is 12.8 Å². The number of benzene rings is 1. The fourth-order valence-electron chi connectivity index (χ4n) is 3.98. The van der Waals surface area contributed by atoms with E-state index in [4.69, 9.17) is 4.74 Å². The Morgan fingerprint density at radius 3 is 2.67 bits per heavy atom. The monoisotopic (exact) mass is 376 g/mol. The number of carboxylic acid groups (broad SMARTS) is 1. The van der Waals surface area contributed by atoms with Gasteiger partial charge < -0.3 is 24.8 Å². The summed E-state index contributed by atoms with van der Waals surface area (Å²) in [5, 5.41) is 12.4. The van der Waals surface area contributed by atoms with Crippen molar-refractivity contribution in [2.24, 2.45) is 11.3 Å². The molecular formula is C19H24N2O6. The molecule has 1 saturated carbocycles. The Morgan fingerprint density at radius 1 is 1.30 bits per heavy atom. The van der Waals surface area contributed by atoms with Gasteiger partial charge in [0.2, 0.25) is 0 Å². The fraction of sp³-hybridized carbons (Fsp3) is 0.526. The number of ether oxygens (including phenoxy) is 2. The summed E-state index contributed by atoms with van der Waals surface area (Å²) in [7, 11) is 1.33. The van der Waals surface area contributed by atoms with Crippen molar-refractivity contribution in [3.63, 3.8) is 0 Å². The molecule has 1 aliphatic carbocycles. The van der Waals surface area contributed by atoms with Gasteiger partial charge in [-0.05, 0) is 43.0 Å². The number of amides is 2. The molecular weight excluding hydrogens is 352 g/mol. The van der Waals surface area contributed by atoms with Gasteiger partial charge in [0.05, 0.1) is 25.6 Å². The normalized spacial score (nSPS) is 23.6. The van der Waals surface area contributed by atoms with Gasteiger partial charge in [-0.3, -0.25) is 9.59 Å². The van der Waals surface area contributed by atoms with Crippen LogP contribution in [-0.4, -0.2) is 54.8 Å². The van der Waals surface area contributed by atoms with Crippen LogP contribution in [0, 0.1) is 11.3 Å². The zero-order valence-corrected chi connectivity index (χ0v) is 15.3. The number of esters is 1. The fourth-order valence-corrected chi connectivity index (χ4v) is 3.98. The quantitative estimate of drug-likeness (QED) is 0.739. The van der Waals surface area contributed by atoms with E-state index in [1.54, 1.807) is 29.2 Å². The first-order chi connectivity index (χ1) is 12.9. The molecule has 0 aromatic heterocycles. The predicted octanol–water partition coefficient (Wildman–Crippen LogP) is 2.35. The van der Waals surface area contributed by atoms with Crippen molar-refractivity contribution in [3.8, 4) is 5.75 Å². The van der Waals surface area contributed by atoms with Crippen molar-refractivity contribution in [3.05, 3.63) is 24.3 Å². The minimum atomic E-state index is -0.797. The molecule has 0 bridgehead atoms. The van der Waals surface area contributed by atoms with Crippen LogP contribution in [0.1, 0.15) is 25.7 Å². The number of aliphatic carboxylic acids is 1. The average molecular weight is 376 g/mol. The first-order valence-corrected chi connectivity index (χ1v) is 9.03. The van der Waals surface area contributed by atoms with E-state index in [2.05, 4.69) is 10.1 Å². The van der Waals surface area contributed by atoms with Crippen molar-refractivity contribution in [1.82, 2.24) is 4.90 Å². The Bertz CT molecular complexity index is 719. The van der Waals surface area contributed by atoms with Crippen molar-refractivity contribution in [2.45, 2.75) is 25.7 Å². The van der Waals surface area contributed by atoms with E-state index in [1.807, 2.05) is 0 Å². The summed E-state index contributed by atoms with van der Waals surface area (Å²) in [6, 6.07) is 6.52. The lowest BCUT2D eigenvalue weighted by Crippen LogP contribution is -2.38. The van der Waals surface area contributed by atoms with Crippen molar-refractivity contribution in [1.29, 1.82) is 0 Å². The molecule has 8 heteroatoms. The SMILES string of the molecule is COC(=O)CCOc1ccc(NC(=O)N2C[C@@H]3CCC[C@@]3(C(=O)O)C2)cc1. The largest absolute Gasteiger partial charge is 0.493 e. The molecule has 1 saturated heterocycles. The molecule has 1 aliphatic heterocycles. The topological polar surface area (TPSA) is 105 Å². The highest BCUT2D eigenvalue weighted by Crippen LogP contribution is 2.48. The Hall–Kier alpha value is -2.77. The van der Waals surface area contributed by atoms with E-state index in [0.29, 0.717) is 24.4 Å². The van der Waals surface area contributed by atoms with Gasteiger partial charge >= 0.3 is 18.0 Å². The standard InChI is InChI=1S/C19H24N2O6/c1-26-16(22)8-10-27-15-6-4-14(5-7-15)20-18(25)21-11-13-3-2-9-19(13,12-21)17(23)24/h4-7,13H,2-3,8-12H2,1H3,(H,20,25)(H,23,24)/t13-,19+/m0/s1. The average Bonchev–Trinajstić information content (AvgIpc) is 3.21. The summed E-state index contributed by atoms with van der Waals surface area (Å²) in [6.07, 6.45) is 2.56. The minimum absolute atomic E-state index is 0.0336.